The summed E-state index contributed by atoms with van der Waals surface area (Å²) in [5.41, 5.74) is 3.62. The number of carbonyl (C=O) groups is 2. The number of carbonyl (C=O) groups excluding carboxylic acids is 2. The van der Waals surface area contributed by atoms with Crippen LogP contribution in [0.1, 0.15) is 42.9 Å². The second kappa shape index (κ2) is 12.6. The van der Waals surface area contributed by atoms with E-state index in [4.69, 9.17) is 0 Å². The van der Waals surface area contributed by atoms with Gasteiger partial charge in [0.2, 0.25) is 21.8 Å². The number of nitrogens with zero attached hydrogens (tertiary/aromatic N) is 2. The standard InChI is InChI=1S/C26H37N3O4S/c1-6-23(26(31)27-4)28(19-17-22-13-8-7-9-14-22)25(30)16-11-18-29(34(5,32)33)24-15-10-12-20(2)21(24)3/h7-10,12-15,23H,6,11,16-19H2,1-5H3,(H,27,31)/t23-/m1/s1. The largest absolute Gasteiger partial charge is 0.357 e. The molecule has 8 heteroatoms. The van der Waals surface area contributed by atoms with Crippen molar-refractivity contribution in [2.24, 2.45) is 0 Å². The van der Waals surface area contributed by atoms with Crippen LogP contribution in [0.15, 0.2) is 48.5 Å². The highest BCUT2D eigenvalue weighted by atomic mass is 32.2. The number of anilines is 1. The molecule has 0 saturated carbocycles. The predicted octanol–water partition coefficient (Wildman–Crippen LogP) is 3.45. The maximum absolute atomic E-state index is 13.3. The van der Waals surface area contributed by atoms with Crippen LogP contribution >= 0.6 is 0 Å². The third-order valence-electron chi connectivity index (χ3n) is 6.11. The third kappa shape index (κ3) is 7.32. The quantitative estimate of drug-likeness (QED) is 0.497. The zero-order chi connectivity index (χ0) is 25.3. The normalized spacial score (nSPS) is 12.1. The molecule has 1 atom stereocenters. The highest BCUT2D eigenvalue weighted by molar-refractivity contribution is 7.92. The van der Waals surface area contributed by atoms with Crippen molar-refractivity contribution >= 4 is 27.5 Å². The summed E-state index contributed by atoms with van der Waals surface area (Å²) in [6.45, 7) is 6.33. The fourth-order valence-electron chi connectivity index (χ4n) is 4.05. The molecule has 0 aliphatic rings. The summed E-state index contributed by atoms with van der Waals surface area (Å²) in [7, 11) is -1.95. The van der Waals surface area contributed by atoms with Crippen LogP contribution in [0.3, 0.4) is 0 Å². The van der Waals surface area contributed by atoms with E-state index in [-0.39, 0.29) is 24.8 Å². The number of aryl methyl sites for hydroxylation is 1. The molecule has 0 fully saturated rings. The molecule has 0 saturated heterocycles. The third-order valence-corrected chi connectivity index (χ3v) is 7.29. The van der Waals surface area contributed by atoms with Gasteiger partial charge in [0.15, 0.2) is 0 Å². The highest BCUT2D eigenvalue weighted by Crippen LogP contribution is 2.25. The van der Waals surface area contributed by atoms with E-state index in [9.17, 15) is 18.0 Å². The molecule has 0 aliphatic carbocycles. The van der Waals surface area contributed by atoms with E-state index in [1.807, 2.05) is 63.2 Å². The molecule has 1 N–H and O–H groups in total. The van der Waals surface area contributed by atoms with Gasteiger partial charge in [0.1, 0.15) is 6.04 Å². The SMILES string of the molecule is CC[C@H](C(=O)NC)N(CCc1ccccc1)C(=O)CCCN(c1cccc(C)c1C)S(C)(=O)=O. The van der Waals surface area contributed by atoms with Crippen LogP contribution in [0.25, 0.3) is 0 Å². The minimum Gasteiger partial charge on any atom is -0.357 e. The molecule has 0 aromatic heterocycles. The van der Waals surface area contributed by atoms with Gasteiger partial charge in [0.25, 0.3) is 0 Å². The van der Waals surface area contributed by atoms with Crippen LogP contribution in [0, 0.1) is 13.8 Å². The van der Waals surface area contributed by atoms with E-state index in [2.05, 4.69) is 5.32 Å². The number of nitrogens with one attached hydrogen (secondary N) is 1. The summed E-state index contributed by atoms with van der Waals surface area (Å²) < 4.78 is 26.4. The first-order valence-electron chi connectivity index (χ1n) is 11.7. The van der Waals surface area contributed by atoms with Crippen LogP contribution in [-0.4, -0.2) is 57.6 Å². The summed E-state index contributed by atoms with van der Waals surface area (Å²) >= 11 is 0. The molecule has 0 aliphatic heterocycles. The van der Waals surface area contributed by atoms with Crippen LogP contribution in [0.2, 0.25) is 0 Å². The van der Waals surface area contributed by atoms with Crippen LogP contribution in [-0.2, 0) is 26.0 Å². The Kier molecular flexibility index (Phi) is 10.1. The lowest BCUT2D eigenvalue weighted by atomic mass is 10.1. The molecular formula is C26H37N3O4S. The van der Waals surface area contributed by atoms with Gasteiger partial charge in [-0.3, -0.25) is 13.9 Å². The van der Waals surface area contributed by atoms with E-state index in [1.54, 1.807) is 18.0 Å². The van der Waals surface area contributed by atoms with Gasteiger partial charge in [0.05, 0.1) is 11.9 Å². The number of benzene rings is 2. The summed E-state index contributed by atoms with van der Waals surface area (Å²) in [6, 6.07) is 14.8. The second-order valence-corrected chi connectivity index (χ2v) is 10.4. The molecule has 2 rings (SSSR count). The summed E-state index contributed by atoms with van der Waals surface area (Å²) in [5.74, 6) is -0.349. The van der Waals surface area contributed by atoms with Gasteiger partial charge in [-0.05, 0) is 55.9 Å². The predicted molar refractivity (Wildman–Crippen MR) is 137 cm³/mol. The van der Waals surface area contributed by atoms with Gasteiger partial charge in [0, 0.05) is 26.6 Å². The molecule has 0 spiro atoms. The van der Waals surface area contributed by atoms with Crippen molar-refractivity contribution in [2.45, 2.75) is 52.5 Å². The Morgan fingerprint density at radius 3 is 2.26 bits per heavy atom. The molecule has 0 bridgehead atoms. The minimum absolute atomic E-state index is 0.152. The molecule has 0 unspecified atom stereocenters. The second-order valence-electron chi connectivity index (χ2n) is 8.52. The Balaban J connectivity index is 2.16. The van der Waals surface area contributed by atoms with Crippen molar-refractivity contribution in [3.8, 4) is 0 Å². The minimum atomic E-state index is -3.52. The average molecular weight is 488 g/mol. The number of rotatable bonds is 12. The fraction of sp³-hybridized carbons (Fsp3) is 0.462. The Labute approximate surface area is 204 Å². The van der Waals surface area contributed by atoms with Crippen LogP contribution in [0.4, 0.5) is 5.69 Å². The van der Waals surface area contributed by atoms with Crippen molar-refractivity contribution in [1.29, 1.82) is 0 Å². The van der Waals surface area contributed by atoms with Gasteiger partial charge in [-0.15, -0.1) is 0 Å². The maximum atomic E-state index is 13.3. The van der Waals surface area contributed by atoms with Gasteiger partial charge < -0.3 is 10.2 Å². The maximum Gasteiger partial charge on any atom is 0.242 e. The van der Waals surface area contributed by atoms with E-state index < -0.39 is 16.1 Å². The summed E-state index contributed by atoms with van der Waals surface area (Å²) in [4.78, 5) is 27.4. The van der Waals surface area contributed by atoms with Gasteiger partial charge in [-0.25, -0.2) is 8.42 Å². The van der Waals surface area contributed by atoms with Crippen molar-refractivity contribution in [3.63, 3.8) is 0 Å². The van der Waals surface area contributed by atoms with E-state index in [0.29, 0.717) is 31.5 Å². The van der Waals surface area contributed by atoms with Crippen molar-refractivity contribution in [3.05, 3.63) is 65.2 Å². The molecule has 7 nitrogen and oxygen atoms in total. The molecule has 0 heterocycles. The Morgan fingerprint density at radius 2 is 1.68 bits per heavy atom. The first-order chi connectivity index (χ1) is 16.1. The van der Waals surface area contributed by atoms with Crippen molar-refractivity contribution in [1.82, 2.24) is 10.2 Å². The lowest BCUT2D eigenvalue weighted by Gasteiger charge is -2.31. The molecule has 2 aromatic rings. The first kappa shape index (κ1) is 27.4. The molecule has 34 heavy (non-hydrogen) atoms. The lowest BCUT2D eigenvalue weighted by molar-refractivity contribution is -0.140. The molecule has 186 valence electrons. The summed E-state index contributed by atoms with van der Waals surface area (Å²) in [5, 5.41) is 2.66. The van der Waals surface area contributed by atoms with Gasteiger partial charge >= 0.3 is 0 Å². The number of sulfonamides is 1. The smallest absolute Gasteiger partial charge is 0.242 e. The van der Waals surface area contributed by atoms with E-state index >= 15 is 0 Å². The van der Waals surface area contributed by atoms with Gasteiger partial charge in [-0.1, -0.05) is 49.4 Å². The molecule has 2 amide bonds. The zero-order valence-corrected chi connectivity index (χ0v) is 21.7. The molecule has 0 radical (unpaired) electrons. The topological polar surface area (TPSA) is 86.8 Å². The Morgan fingerprint density at radius 1 is 1.00 bits per heavy atom. The average Bonchev–Trinajstić information content (AvgIpc) is 2.81. The van der Waals surface area contributed by atoms with Crippen LogP contribution < -0.4 is 9.62 Å². The Bertz CT molecular complexity index is 1070. The Hall–Kier alpha value is -2.87. The highest BCUT2D eigenvalue weighted by Gasteiger charge is 2.28. The first-order valence-corrected chi connectivity index (χ1v) is 13.5. The number of likely N-dealkylation sites (N-methyl/N-ethyl adjacent to an activating group) is 1. The zero-order valence-electron chi connectivity index (χ0n) is 20.9. The monoisotopic (exact) mass is 487 g/mol. The van der Waals surface area contributed by atoms with Crippen LogP contribution in [0.5, 0.6) is 0 Å². The van der Waals surface area contributed by atoms with Crippen molar-refractivity contribution in [2.75, 3.05) is 30.7 Å². The molecular weight excluding hydrogens is 450 g/mol. The van der Waals surface area contributed by atoms with E-state index in [1.165, 1.54) is 10.6 Å². The van der Waals surface area contributed by atoms with Gasteiger partial charge in [-0.2, -0.15) is 0 Å². The number of hydrogen-bond acceptors (Lipinski definition) is 4. The number of amides is 2. The van der Waals surface area contributed by atoms with Crippen molar-refractivity contribution < 1.29 is 18.0 Å². The fourth-order valence-corrected chi connectivity index (χ4v) is 5.07. The molecule has 2 aromatic carbocycles. The van der Waals surface area contributed by atoms with E-state index in [0.717, 1.165) is 16.7 Å². The summed E-state index contributed by atoms with van der Waals surface area (Å²) in [6.07, 6.45) is 2.82. The lowest BCUT2D eigenvalue weighted by Crippen LogP contribution is -2.49. The number of hydrogen-bond donors (Lipinski definition) is 1.